The highest BCUT2D eigenvalue weighted by molar-refractivity contribution is 5.98. The van der Waals surface area contributed by atoms with Gasteiger partial charge in [-0.1, -0.05) is 83.5 Å². The lowest BCUT2D eigenvalue weighted by molar-refractivity contribution is -0.160. The number of cyclic esters (lactones) is 1. The first-order chi connectivity index (χ1) is 34.8. The Balaban J connectivity index is 2.03. The van der Waals surface area contributed by atoms with Crippen LogP contribution in [0.25, 0.3) is 0 Å². The van der Waals surface area contributed by atoms with E-state index in [9.17, 15) is 58.8 Å². The van der Waals surface area contributed by atoms with Crippen LogP contribution in [-0.4, -0.2) is 166 Å². The number of likely N-dealkylation sites (N-methyl/N-ethyl adjacent to an activating group) is 1. The fraction of sp³-hybridized carbons (Fsp3) is 0.549. The highest BCUT2D eigenvalue weighted by atomic mass is 16.6. The first kappa shape index (κ1) is 59.6. The number of aliphatic hydroxyl groups is 4. The minimum Gasteiger partial charge on any atom is -0.487 e. The van der Waals surface area contributed by atoms with Crippen LogP contribution in [0, 0.1) is 17.8 Å². The Morgan fingerprint density at radius 3 is 2.04 bits per heavy atom. The predicted octanol–water partition coefficient (Wildman–Crippen LogP) is -1.40. The molecule has 23 heteroatoms. The van der Waals surface area contributed by atoms with Crippen LogP contribution in [0.1, 0.15) is 79.0 Å². The van der Waals surface area contributed by atoms with E-state index in [1.807, 2.05) is 0 Å². The first-order valence-corrected chi connectivity index (χ1v) is 24.4. The third-order valence-electron chi connectivity index (χ3n) is 13.2. The van der Waals surface area contributed by atoms with Crippen LogP contribution < -0.4 is 36.6 Å². The Morgan fingerprint density at radius 1 is 0.824 bits per heavy atom. The zero-order chi connectivity index (χ0) is 55.2. The lowest BCUT2D eigenvalue weighted by Gasteiger charge is -2.34. The van der Waals surface area contributed by atoms with Gasteiger partial charge in [0, 0.05) is 19.5 Å². The number of carbonyl (C=O) groups excluding carboxylic acids is 9. The van der Waals surface area contributed by atoms with Crippen molar-refractivity contribution in [3.63, 3.8) is 0 Å². The number of aliphatic hydroxyl groups excluding tert-OH is 3. The zero-order valence-electron chi connectivity index (χ0n) is 43.0. The molecule has 2 aromatic rings. The van der Waals surface area contributed by atoms with Gasteiger partial charge in [-0.15, -0.1) is 0 Å². The molecule has 0 spiro atoms. The maximum Gasteiger partial charge on any atom is 0.332 e. The number of rotatable bonds is 10. The van der Waals surface area contributed by atoms with E-state index in [1.54, 1.807) is 58.0 Å². The van der Waals surface area contributed by atoms with Crippen molar-refractivity contribution in [3.8, 4) is 5.75 Å². The van der Waals surface area contributed by atoms with Crippen LogP contribution in [0.4, 0.5) is 0 Å². The minimum atomic E-state index is -2.19. The van der Waals surface area contributed by atoms with Gasteiger partial charge in [-0.05, 0) is 61.9 Å². The number of hydrogen-bond acceptors (Lipinski definition) is 16. The molecule has 1 fully saturated rings. The molecule has 7 amide bonds. The molecule has 0 radical (unpaired) electrons. The Hall–Kier alpha value is -6.95. The number of nitrogens with zero attached hydrogens (tertiary/aromatic N) is 1. The Labute approximate surface area is 429 Å². The predicted molar refractivity (Wildman–Crippen MR) is 264 cm³/mol. The Morgan fingerprint density at radius 2 is 1.45 bits per heavy atom. The number of carbonyl (C=O) groups is 9. The third-order valence-corrected chi connectivity index (χ3v) is 13.2. The van der Waals surface area contributed by atoms with Gasteiger partial charge < -0.3 is 71.4 Å². The van der Waals surface area contributed by atoms with Gasteiger partial charge >= 0.3 is 11.9 Å². The highest BCUT2D eigenvalue weighted by Crippen LogP contribution is 2.26. The number of benzene rings is 2. The van der Waals surface area contributed by atoms with Crippen LogP contribution in [0.15, 0.2) is 66.7 Å². The minimum absolute atomic E-state index is 0.0801. The van der Waals surface area contributed by atoms with Gasteiger partial charge in [-0.25, -0.2) is 4.79 Å². The summed E-state index contributed by atoms with van der Waals surface area (Å²) < 4.78 is 16.9. The molecule has 23 nitrogen and oxygen atoms in total. The van der Waals surface area contributed by atoms with E-state index >= 15 is 4.79 Å². The molecule has 5 rings (SSSR count). The summed E-state index contributed by atoms with van der Waals surface area (Å²) in [6.07, 6.45) is -3.96. The van der Waals surface area contributed by atoms with E-state index in [4.69, 9.17) is 14.2 Å². The summed E-state index contributed by atoms with van der Waals surface area (Å²) in [5, 5.41) is 58.3. The van der Waals surface area contributed by atoms with Crippen LogP contribution in [0.2, 0.25) is 0 Å². The number of ether oxygens (including phenoxy) is 3. The second-order valence-electron chi connectivity index (χ2n) is 19.1. The molecule has 1 saturated heterocycles. The van der Waals surface area contributed by atoms with Crippen molar-refractivity contribution in [3.05, 3.63) is 77.9 Å². The summed E-state index contributed by atoms with van der Waals surface area (Å²) in [4.78, 5) is 128. The molecule has 0 saturated carbocycles. The van der Waals surface area contributed by atoms with Crippen molar-refractivity contribution in [1.82, 2.24) is 36.8 Å². The number of fused-ring (bicyclic) bond motifs is 11. The lowest BCUT2D eigenvalue weighted by atomic mass is 9.93. The summed E-state index contributed by atoms with van der Waals surface area (Å²) in [6.45, 7) is 9.05. The molecule has 3 aliphatic rings. The van der Waals surface area contributed by atoms with E-state index < -0.39 is 157 Å². The SMILES string of the molecule is CC[C@H](C)[C@H]1NC(=O)[C@@H](NC(=O)[C@H](C)[C@H](O)C(C)C)[C@@H](C)OC(=O)[C@@H]2COC(=O)CNC(=O)C=C[C@](O)(CO)[C@@H](C)Oc3ccc(cc3)[C@H](NC1=O)C(=O)N(C)[C@@H](Cc1ccccc1)C(=O)N[C@H]([C@@H](C)O)C(=O)N2. The first-order valence-electron chi connectivity index (χ1n) is 24.4. The molecular weight excluding hydrogens is 967 g/mol. The lowest BCUT2D eigenvalue weighted by Crippen LogP contribution is -2.61. The standard InChI is InChI=1S/C51H71N7O16/c1-10-27(4)39-46(66)57-42-33-16-18-34(19-17-33)74-31(8)51(71,25-59)21-20-37(61)52-23-38(62)72-24-35(50(70)73-30(7)41(48(68)54-39)56-44(64)28(5)43(63)26(2)3)53-47(67)40(29(6)60)55-45(65)36(58(9)49(42)69)22-32-14-12-11-13-15-32/h11-21,26-31,35-36,39-43,59-60,63,71H,10,22-25H2,1-9H3,(H,52,61)(H,53,67)(H,54,68)(H,55,65)(H,56,64)(H,57,66)/t27-,28+,29+,30+,31+,35-,36-,39+,40+,41-,42-,43+,51-/m0/s1. The van der Waals surface area contributed by atoms with Crippen molar-refractivity contribution in [2.45, 2.75) is 134 Å². The Kier molecular flexibility index (Phi) is 21.6. The van der Waals surface area contributed by atoms with E-state index in [0.717, 1.165) is 24.0 Å². The molecule has 0 unspecified atom stereocenters. The number of amides is 7. The molecule has 10 N–H and O–H groups in total. The fourth-order valence-electron chi connectivity index (χ4n) is 7.92. The van der Waals surface area contributed by atoms with Gasteiger partial charge in [-0.2, -0.15) is 0 Å². The summed E-state index contributed by atoms with van der Waals surface area (Å²) in [5.74, 6) is -11.6. The molecule has 3 heterocycles. The van der Waals surface area contributed by atoms with E-state index in [1.165, 1.54) is 52.1 Å². The van der Waals surface area contributed by atoms with Gasteiger partial charge in [0.05, 0.1) is 24.7 Å². The van der Waals surface area contributed by atoms with Crippen molar-refractivity contribution in [2.24, 2.45) is 17.8 Å². The number of hydrogen-bond donors (Lipinski definition) is 10. The molecule has 4 bridgehead atoms. The average molecular weight is 1040 g/mol. The normalized spacial score (nSPS) is 28.1. The third kappa shape index (κ3) is 15.8. The summed E-state index contributed by atoms with van der Waals surface area (Å²) in [5.41, 5.74) is -1.53. The van der Waals surface area contributed by atoms with Crippen molar-refractivity contribution in [1.29, 1.82) is 0 Å². The second-order valence-corrected chi connectivity index (χ2v) is 19.1. The smallest absolute Gasteiger partial charge is 0.332 e. The second kappa shape index (κ2) is 26.8. The van der Waals surface area contributed by atoms with E-state index in [0.29, 0.717) is 5.56 Å². The topological polar surface area (TPSA) is 338 Å². The maximum absolute atomic E-state index is 15.1. The number of nitrogens with one attached hydrogen (secondary N) is 6. The van der Waals surface area contributed by atoms with Crippen LogP contribution in [-0.2, 0) is 59.0 Å². The molecule has 13 atom stereocenters. The maximum atomic E-state index is 15.1. The van der Waals surface area contributed by atoms with E-state index in [-0.39, 0.29) is 24.2 Å². The fourth-order valence-corrected chi connectivity index (χ4v) is 7.92. The zero-order valence-corrected chi connectivity index (χ0v) is 43.0. The van der Waals surface area contributed by atoms with Gasteiger partial charge in [0.25, 0.3) is 0 Å². The quantitative estimate of drug-likeness (QED) is 0.122. The van der Waals surface area contributed by atoms with Crippen molar-refractivity contribution < 1.29 is 77.8 Å². The van der Waals surface area contributed by atoms with E-state index in [2.05, 4.69) is 31.9 Å². The molecule has 0 aliphatic carbocycles. The highest BCUT2D eigenvalue weighted by Gasteiger charge is 2.42. The number of esters is 2. The molecule has 0 aromatic heterocycles. The van der Waals surface area contributed by atoms with Gasteiger partial charge in [0.15, 0.2) is 6.04 Å². The molecular formula is C51H71N7O16. The van der Waals surface area contributed by atoms with Gasteiger partial charge in [-0.3, -0.25) is 38.4 Å². The van der Waals surface area contributed by atoms with Crippen molar-refractivity contribution >= 4 is 53.3 Å². The molecule has 406 valence electrons. The van der Waals surface area contributed by atoms with Crippen LogP contribution in [0.5, 0.6) is 5.75 Å². The Bertz CT molecular complexity index is 2350. The van der Waals surface area contributed by atoms with Gasteiger partial charge in [0.1, 0.15) is 66.9 Å². The molecule has 3 aliphatic heterocycles. The van der Waals surface area contributed by atoms with Crippen LogP contribution >= 0.6 is 0 Å². The summed E-state index contributed by atoms with van der Waals surface area (Å²) in [6, 6.07) is 3.76. The average Bonchev–Trinajstić information content (AvgIpc) is 3.37. The monoisotopic (exact) mass is 1040 g/mol. The van der Waals surface area contributed by atoms with Gasteiger partial charge in [0.2, 0.25) is 41.4 Å². The molecule has 74 heavy (non-hydrogen) atoms. The van der Waals surface area contributed by atoms with Crippen LogP contribution in [0.3, 0.4) is 0 Å². The summed E-state index contributed by atoms with van der Waals surface area (Å²) in [7, 11) is 1.28. The van der Waals surface area contributed by atoms with Crippen molar-refractivity contribution in [2.75, 3.05) is 26.8 Å². The largest absolute Gasteiger partial charge is 0.487 e. The molecule has 2 aromatic carbocycles. The summed E-state index contributed by atoms with van der Waals surface area (Å²) >= 11 is 0.